The van der Waals surface area contributed by atoms with Crippen molar-refractivity contribution in [3.63, 3.8) is 0 Å². The Kier molecular flexibility index (Phi) is 11.5. The lowest BCUT2D eigenvalue weighted by Crippen LogP contribution is -2.23. The van der Waals surface area contributed by atoms with Gasteiger partial charge in [-0.15, -0.1) is 0 Å². The first-order chi connectivity index (χ1) is 19.0. The highest BCUT2D eigenvalue weighted by atomic mass is 16.5. The Hall–Kier alpha value is -2.13. The number of fused-ring (bicyclic) bond motifs is 1. The predicted molar refractivity (Wildman–Crippen MR) is 162 cm³/mol. The SMILES string of the molecule is C=C(C)C(=O)OCC(CO)CCC1CCC(c2ccc(C3CCC4C=C(CCCCC)C=CC4C3)cc2)CC1. The van der Waals surface area contributed by atoms with Crippen molar-refractivity contribution in [2.24, 2.45) is 23.7 Å². The number of rotatable bonds is 13. The van der Waals surface area contributed by atoms with Gasteiger partial charge in [-0.05, 0) is 118 Å². The van der Waals surface area contributed by atoms with E-state index in [-0.39, 0.29) is 18.5 Å². The summed E-state index contributed by atoms with van der Waals surface area (Å²) in [6.07, 6.45) is 23.8. The minimum Gasteiger partial charge on any atom is -0.462 e. The molecule has 3 aliphatic carbocycles. The molecule has 0 heterocycles. The number of carbonyl (C=O) groups excluding carboxylic acids is 1. The van der Waals surface area contributed by atoms with Crippen molar-refractivity contribution in [2.75, 3.05) is 13.2 Å². The second-order valence-corrected chi connectivity index (χ2v) is 12.8. The molecule has 0 spiro atoms. The first-order valence-electron chi connectivity index (χ1n) is 15.9. The summed E-state index contributed by atoms with van der Waals surface area (Å²) in [6.45, 7) is 7.93. The number of benzene rings is 1. The Morgan fingerprint density at radius 1 is 1.00 bits per heavy atom. The molecule has 1 aromatic carbocycles. The number of esters is 1. The van der Waals surface area contributed by atoms with E-state index in [9.17, 15) is 9.90 Å². The molecule has 0 aromatic heterocycles. The van der Waals surface area contributed by atoms with Crippen LogP contribution in [-0.2, 0) is 9.53 Å². The van der Waals surface area contributed by atoms with Gasteiger partial charge in [0.2, 0.25) is 0 Å². The average Bonchev–Trinajstić information content (AvgIpc) is 2.97. The average molecular weight is 533 g/mol. The van der Waals surface area contributed by atoms with Gasteiger partial charge in [-0.2, -0.15) is 0 Å². The highest BCUT2D eigenvalue weighted by Gasteiger charge is 2.30. The molecular weight excluding hydrogens is 480 g/mol. The molecule has 0 radical (unpaired) electrons. The summed E-state index contributed by atoms with van der Waals surface area (Å²) < 4.78 is 5.27. The van der Waals surface area contributed by atoms with Gasteiger partial charge in [-0.25, -0.2) is 4.79 Å². The van der Waals surface area contributed by atoms with Gasteiger partial charge in [0.25, 0.3) is 0 Å². The van der Waals surface area contributed by atoms with E-state index in [2.05, 4.69) is 56.0 Å². The summed E-state index contributed by atoms with van der Waals surface area (Å²) in [4.78, 5) is 11.6. The fourth-order valence-corrected chi connectivity index (χ4v) is 7.12. The molecule has 39 heavy (non-hydrogen) atoms. The van der Waals surface area contributed by atoms with E-state index >= 15 is 0 Å². The summed E-state index contributed by atoms with van der Waals surface area (Å²) >= 11 is 0. The number of unbranched alkanes of at least 4 members (excludes halogenated alkanes) is 2. The van der Waals surface area contributed by atoms with E-state index in [0.717, 1.165) is 24.7 Å². The molecule has 0 amide bonds. The van der Waals surface area contributed by atoms with E-state index in [0.29, 0.717) is 29.9 Å². The Morgan fingerprint density at radius 2 is 1.69 bits per heavy atom. The molecule has 4 atom stereocenters. The molecule has 1 N–H and O–H groups in total. The summed E-state index contributed by atoms with van der Waals surface area (Å²) in [6, 6.07) is 9.71. The van der Waals surface area contributed by atoms with Crippen LogP contribution in [-0.4, -0.2) is 24.3 Å². The molecule has 0 aliphatic heterocycles. The number of aliphatic hydroxyl groups excluding tert-OH is 1. The van der Waals surface area contributed by atoms with Crippen LogP contribution in [0.3, 0.4) is 0 Å². The lowest BCUT2D eigenvalue weighted by molar-refractivity contribution is -0.140. The van der Waals surface area contributed by atoms with Crippen molar-refractivity contribution in [1.82, 2.24) is 0 Å². The largest absolute Gasteiger partial charge is 0.462 e. The molecule has 0 saturated heterocycles. The number of allylic oxidation sites excluding steroid dienone is 4. The number of hydrogen-bond acceptors (Lipinski definition) is 3. The molecule has 2 saturated carbocycles. The third-order valence-electron chi connectivity index (χ3n) is 9.78. The van der Waals surface area contributed by atoms with Gasteiger partial charge < -0.3 is 9.84 Å². The number of aliphatic hydroxyl groups is 1. The molecular formula is C36H52O3. The maximum absolute atomic E-state index is 11.6. The summed E-state index contributed by atoms with van der Waals surface area (Å²) in [5.41, 5.74) is 5.05. The second kappa shape index (κ2) is 15.0. The van der Waals surface area contributed by atoms with Crippen LogP contribution in [0, 0.1) is 23.7 Å². The maximum atomic E-state index is 11.6. The molecule has 1 aromatic rings. The van der Waals surface area contributed by atoms with Crippen molar-refractivity contribution >= 4 is 5.97 Å². The van der Waals surface area contributed by atoms with E-state index in [1.165, 1.54) is 76.2 Å². The zero-order valence-corrected chi connectivity index (χ0v) is 24.6. The summed E-state index contributed by atoms with van der Waals surface area (Å²) in [5, 5.41) is 9.70. The van der Waals surface area contributed by atoms with E-state index in [1.54, 1.807) is 18.1 Å². The van der Waals surface area contributed by atoms with Gasteiger partial charge in [0, 0.05) is 18.1 Å². The van der Waals surface area contributed by atoms with Crippen LogP contribution in [0.4, 0.5) is 0 Å². The normalized spacial score (nSPS) is 27.4. The second-order valence-electron chi connectivity index (χ2n) is 12.8. The number of carbonyl (C=O) groups is 1. The van der Waals surface area contributed by atoms with Crippen molar-refractivity contribution in [3.05, 3.63) is 71.3 Å². The first-order valence-corrected chi connectivity index (χ1v) is 15.9. The maximum Gasteiger partial charge on any atom is 0.333 e. The molecule has 3 nitrogen and oxygen atoms in total. The smallest absolute Gasteiger partial charge is 0.333 e. The monoisotopic (exact) mass is 532 g/mol. The Balaban J connectivity index is 1.19. The Bertz CT molecular complexity index is 979. The fraction of sp³-hybridized carbons (Fsp3) is 0.639. The van der Waals surface area contributed by atoms with Gasteiger partial charge in [0.05, 0.1) is 6.61 Å². The minimum absolute atomic E-state index is 0.0293. The fourth-order valence-electron chi connectivity index (χ4n) is 7.12. The van der Waals surface area contributed by atoms with Crippen molar-refractivity contribution < 1.29 is 14.6 Å². The topological polar surface area (TPSA) is 46.5 Å². The van der Waals surface area contributed by atoms with Crippen LogP contribution in [0.25, 0.3) is 0 Å². The van der Waals surface area contributed by atoms with Crippen molar-refractivity contribution in [3.8, 4) is 0 Å². The molecule has 0 bridgehead atoms. The predicted octanol–water partition coefficient (Wildman–Crippen LogP) is 9.04. The van der Waals surface area contributed by atoms with Gasteiger partial charge in [0.15, 0.2) is 0 Å². The minimum atomic E-state index is -0.359. The number of hydrogen-bond donors (Lipinski definition) is 1. The Morgan fingerprint density at radius 3 is 2.36 bits per heavy atom. The number of ether oxygens (including phenoxy) is 1. The van der Waals surface area contributed by atoms with Crippen LogP contribution in [0.15, 0.2) is 60.2 Å². The van der Waals surface area contributed by atoms with Crippen molar-refractivity contribution in [2.45, 2.75) is 109 Å². The van der Waals surface area contributed by atoms with Crippen LogP contribution >= 0.6 is 0 Å². The van der Waals surface area contributed by atoms with E-state index < -0.39 is 0 Å². The molecule has 4 unspecified atom stereocenters. The zero-order valence-electron chi connectivity index (χ0n) is 24.6. The molecule has 4 rings (SSSR count). The van der Waals surface area contributed by atoms with Crippen LogP contribution in [0.5, 0.6) is 0 Å². The third-order valence-corrected chi connectivity index (χ3v) is 9.78. The Labute approximate surface area is 237 Å². The molecule has 3 aliphatic rings. The highest BCUT2D eigenvalue weighted by Crippen LogP contribution is 2.44. The van der Waals surface area contributed by atoms with E-state index in [4.69, 9.17) is 4.74 Å². The van der Waals surface area contributed by atoms with Gasteiger partial charge in [-0.1, -0.05) is 74.4 Å². The lowest BCUT2D eigenvalue weighted by Gasteiger charge is -2.36. The van der Waals surface area contributed by atoms with Gasteiger partial charge >= 0.3 is 5.97 Å². The molecule has 214 valence electrons. The molecule has 2 fully saturated rings. The first kappa shape index (κ1) is 29.8. The molecule has 3 heteroatoms. The van der Waals surface area contributed by atoms with Crippen molar-refractivity contribution in [1.29, 1.82) is 0 Å². The van der Waals surface area contributed by atoms with Gasteiger partial charge in [-0.3, -0.25) is 0 Å². The lowest BCUT2D eigenvalue weighted by atomic mass is 9.69. The third kappa shape index (κ3) is 8.68. The van der Waals surface area contributed by atoms with Gasteiger partial charge in [0.1, 0.15) is 0 Å². The van der Waals surface area contributed by atoms with Crippen LogP contribution in [0.2, 0.25) is 0 Å². The zero-order chi connectivity index (χ0) is 27.6. The van der Waals surface area contributed by atoms with Crippen LogP contribution in [0.1, 0.15) is 120 Å². The van der Waals surface area contributed by atoms with Crippen LogP contribution < -0.4 is 0 Å². The van der Waals surface area contributed by atoms with E-state index in [1.807, 2.05) is 0 Å². The quantitative estimate of drug-likeness (QED) is 0.157. The summed E-state index contributed by atoms with van der Waals surface area (Å²) in [7, 11) is 0. The summed E-state index contributed by atoms with van der Waals surface area (Å²) in [5.74, 6) is 3.24. The standard InChI is InChI=1S/C36H52O3/c1-4-5-6-7-28-12-15-35-23-34(21-20-33(35)22-28)32-18-16-31(17-19-32)30-13-10-27(11-14-30)8-9-29(24-37)25-39-36(38)26(2)3/h12,15-19,22,27,29-30,33-35,37H,2,4-11,13-14,20-21,23-25H2,1,3H3. The highest BCUT2D eigenvalue weighted by molar-refractivity contribution is 5.86.